The van der Waals surface area contributed by atoms with Crippen molar-refractivity contribution in [2.75, 3.05) is 0 Å². The lowest BCUT2D eigenvalue weighted by Crippen LogP contribution is -2.21. The number of fused-ring (bicyclic) bond motifs is 4. The third-order valence-corrected chi connectivity index (χ3v) is 10.9. The minimum absolute atomic E-state index is 0.101. The number of hydrogen-bond acceptors (Lipinski definition) is 18. The summed E-state index contributed by atoms with van der Waals surface area (Å²) >= 11 is 0. The SMILES string of the molecule is CC.CC.O=C1C=CC(=O)O1.O=C1CCC(=O)O1.O=C1OC(=O)C2CC=CCC12.O=C1OC(=O)C2CC=CCC12.O=C1OC(=O)C2CCCCC12.O=C1OC(=O)C2CCCCC12. The first-order valence-corrected chi connectivity index (χ1v) is 21.2. The van der Waals surface area contributed by atoms with Crippen LogP contribution in [0.25, 0.3) is 0 Å². The van der Waals surface area contributed by atoms with Crippen molar-refractivity contribution in [3.05, 3.63) is 36.5 Å². The molecule has 18 heteroatoms. The Bertz CT molecular complexity index is 1620. The number of rotatable bonds is 0. The lowest BCUT2D eigenvalue weighted by Gasteiger charge is -2.18. The van der Waals surface area contributed by atoms with Crippen LogP contribution in [0.2, 0.25) is 0 Å². The van der Waals surface area contributed by atoms with E-state index in [2.05, 4.69) is 28.4 Å². The van der Waals surface area contributed by atoms with Crippen molar-refractivity contribution in [2.45, 2.75) is 118 Å². The highest BCUT2D eigenvalue weighted by atomic mass is 16.6. The van der Waals surface area contributed by atoms with Crippen LogP contribution in [0.15, 0.2) is 36.5 Å². The molecule has 5 saturated heterocycles. The van der Waals surface area contributed by atoms with E-state index in [1.54, 1.807) is 0 Å². The monoisotopic (exact) mass is 870 g/mol. The molecule has 0 radical (unpaired) electrons. The molecule has 0 amide bonds. The maximum atomic E-state index is 11.0. The molecule has 10 aliphatic rings. The molecule has 0 N–H and O–H groups in total. The molecule has 0 aromatic carbocycles. The van der Waals surface area contributed by atoms with Gasteiger partial charge < -0.3 is 28.4 Å². The Labute approximate surface area is 358 Å². The van der Waals surface area contributed by atoms with E-state index in [-0.39, 0.29) is 108 Å². The molecule has 2 saturated carbocycles. The van der Waals surface area contributed by atoms with Crippen LogP contribution in [0.5, 0.6) is 0 Å². The van der Waals surface area contributed by atoms with Crippen LogP contribution < -0.4 is 0 Å². The summed E-state index contributed by atoms with van der Waals surface area (Å²) in [5.74, 6) is -5.65. The van der Waals surface area contributed by atoms with Gasteiger partial charge in [0, 0.05) is 12.2 Å². The van der Waals surface area contributed by atoms with Gasteiger partial charge in [0.25, 0.3) is 0 Å². The average molecular weight is 871 g/mol. The molecule has 62 heavy (non-hydrogen) atoms. The summed E-state index contributed by atoms with van der Waals surface area (Å²) < 4.78 is 26.1. The number of ether oxygens (including phenoxy) is 6. The molecule has 0 bridgehead atoms. The maximum absolute atomic E-state index is 11.0. The van der Waals surface area contributed by atoms with Crippen molar-refractivity contribution >= 4 is 71.6 Å². The summed E-state index contributed by atoms with van der Waals surface area (Å²) in [5.41, 5.74) is 0. The fourth-order valence-electron chi connectivity index (χ4n) is 7.80. The molecule has 8 atom stereocenters. The topological polar surface area (TPSA) is 260 Å². The quantitative estimate of drug-likeness (QED) is 0.140. The number of esters is 12. The van der Waals surface area contributed by atoms with E-state index in [1.165, 1.54) is 0 Å². The molecule has 8 unspecified atom stereocenters. The van der Waals surface area contributed by atoms with Crippen LogP contribution >= 0.6 is 0 Å². The average Bonchev–Trinajstić information content (AvgIpc) is 4.13. The van der Waals surface area contributed by atoms with Crippen molar-refractivity contribution in [3.63, 3.8) is 0 Å². The molecule has 6 heterocycles. The van der Waals surface area contributed by atoms with Gasteiger partial charge in [-0.3, -0.25) is 47.9 Å². The van der Waals surface area contributed by atoms with E-state index < -0.39 is 23.9 Å². The Morgan fingerprint density at radius 1 is 0.323 bits per heavy atom. The van der Waals surface area contributed by atoms with Crippen molar-refractivity contribution < 1.29 is 86.0 Å². The number of cyclic esters (lactones) is 12. The van der Waals surface area contributed by atoms with Crippen molar-refractivity contribution in [1.29, 1.82) is 0 Å². The standard InChI is InChI=1S/2C8H10O3.2C8H8O3.C4H4O3.C4H2O3.2C2H6/c4*9-7-5-3-1-2-4-6(5)8(10)11-7;2*5-3-1-2-4(6)7-3;2*1-2/h2*5-6H,1-4H2;2*1-2,5-6H,3-4H2;1-2H2;1-2H;2*1-2H3. The zero-order chi connectivity index (χ0) is 45.9. The van der Waals surface area contributed by atoms with Crippen molar-refractivity contribution in [1.82, 2.24) is 0 Å². The largest absolute Gasteiger partial charge is 0.393 e. The molecule has 18 nitrogen and oxygen atoms in total. The lowest BCUT2D eigenvalue weighted by atomic mass is 9.81. The summed E-state index contributed by atoms with van der Waals surface area (Å²) in [5, 5.41) is 0. The van der Waals surface area contributed by atoms with E-state index in [4.69, 9.17) is 0 Å². The lowest BCUT2D eigenvalue weighted by molar-refractivity contribution is -0.155. The Hall–Kier alpha value is -5.94. The van der Waals surface area contributed by atoms with Crippen LogP contribution in [0.3, 0.4) is 0 Å². The summed E-state index contributed by atoms with van der Waals surface area (Å²) in [6.45, 7) is 8.00. The molecule has 338 valence electrons. The molecule has 7 fully saturated rings. The Morgan fingerprint density at radius 3 is 0.726 bits per heavy atom. The maximum Gasteiger partial charge on any atom is 0.338 e. The second kappa shape index (κ2) is 25.1. The van der Waals surface area contributed by atoms with Crippen LogP contribution in [0.1, 0.15) is 118 Å². The Balaban J connectivity index is 0.000000197. The van der Waals surface area contributed by atoms with Crippen LogP contribution in [-0.4, -0.2) is 71.6 Å². The second-order valence-electron chi connectivity index (χ2n) is 14.7. The fourth-order valence-corrected chi connectivity index (χ4v) is 7.80. The van der Waals surface area contributed by atoms with Gasteiger partial charge in [-0.05, 0) is 51.4 Å². The first-order chi connectivity index (χ1) is 29.7. The van der Waals surface area contributed by atoms with Gasteiger partial charge in [-0.25, -0.2) is 9.59 Å². The second-order valence-corrected chi connectivity index (χ2v) is 14.7. The number of allylic oxidation sites excluding steroid dienone is 4. The highest BCUT2D eigenvalue weighted by Gasteiger charge is 2.47. The van der Waals surface area contributed by atoms with Gasteiger partial charge in [0.15, 0.2) is 0 Å². The highest BCUT2D eigenvalue weighted by Crippen LogP contribution is 2.38. The van der Waals surface area contributed by atoms with Crippen molar-refractivity contribution in [2.24, 2.45) is 47.3 Å². The molecular weight excluding hydrogens is 816 g/mol. The van der Waals surface area contributed by atoms with E-state index >= 15 is 0 Å². The first kappa shape index (κ1) is 50.4. The number of carbonyl (C=O) groups is 12. The zero-order valence-corrected chi connectivity index (χ0v) is 35.3. The predicted molar refractivity (Wildman–Crippen MR) is 209 cm³/mol. The van der Waals surface area contributed by atoms with Gasteiger partial charge in [-0.15, -0.1) is 0 Å². The van der Waals surface area contributed by atoms with Gasteiger partial charge in [0.1, 0.15) is 0 Å². The summed E-state index contributed by atoms with van der Waals surface area (Å²) in [6.07, 6.45) is 20.7. The highest BCUT2D eigenvalue weighted by molar-refractivity contribution is 6.05. The minimum Gasteiger partial charge on any atom is -0.393 e. The van der Waals surface area contributed by atoms with Gasteiger partial charge in [-0.1, -0.05) is 77.7 Å². The molecule has 0 spiro atoms. The third-order valence-electron chi connectivity index (χ3n) is 10.9. The summed E-state index contributed by atoms with van der Waals surface area (Å²) in [6, 6.07) is 0. The van der Waals surface area contributed by atoms with Gasteiger partial charge in [-0.2, -0.15) is 0 Å². The smallest absolute Gasteiger partial charge is 0.338 e. The predicted octanol–water partition coefficient (Wildman–Crippen LogP) is 4.59. The first-order valence-electron chi connectivity index (χ1n) is 21.2. The zero-order valence-electron chi connectivity index (χ0n) is 35.3. The van der Waals surface area contributed by atoms with E-state index in [1.807, 2.05) is 52.0 Å². The number of hydrogen-bond donors (Lipinski definition) is 0. The molecule has 0 aromatic rings. The van der Waals surface area contributed by atoms with Gasteiger partial charge >= 0.3 is 71.6 Å². The molecule has 0 aromatic heterocycles. The van der Waals surface area contributed by atoms with E-state index in [0.29, 0.717) is 25.7 Å². The fraction of sp³-hybridized carbons (Fsp3) is 0.591. The normalized spacial score (nSPS) is 30.0. The Morgan fingerprint density at radius 2 is 0.548 bits per heavy atom. The van der Waals surface area contributed by atoms with E-state index in [9.17, 15) is 57.5 Å². The molecule has 4 aliphatic carbocycles. The molecule has 10 rings (SSSR count). The molecular formula is C44H54O18. The molecule has 6 aliphatic heterocycles. The van der Waals surface area contributed by atoms with Crippen molar-refractivity contribution in [3.8, 4) is 0 Å². The van der Waals surface area contributed by atoms with Crippen LogP contribution in [0, 0.1) is 47.3 Å². The number of carbonyl (C=O) groups excluding carboxylic acids is 12. The van der Waals surface area contributed by atoms with Gasteiger partial charge in [0.05, 0.1) is 60.2 Å². The van der Waals surface area contributed by atoms with E-state index in [0.717, 1.165) is 63.5 Å². The van der Waals surface area contributed by atoms with Crippen LogP contribution in [-0.2, 0) is 86.0 Å². The van der Waals surface area contributed by atoms with Crippen LogP contribution in [0.4, 0.5) is 0 Å². The third kappa shape index (κ3) is 14.1. The Kier molecular flexibility index (Phi) is 20.4. The summed E-state index contributed by atoms with van der Waals surface area (Å²) in [7, 11) is 0. The van der Waals surface area contributed by atoms with Gasteiger partial charge in [0.2, 0.25) is 0 Å². The summed E-state index contributed by atoms with van der Waals surface area (Å²) in [4.78, 5) is 128. The minimum atomic E-state index is -0.579.